The molecule has 1 rings (SSSR count). The van der Waals surface area contributed by atoms with Crippen molar-refractivity contribution in [1.29, 1.82) is 0 Å². The molecule has 1 unspecified atom stereocenters. The Labute approximate surface area is 66.8 Å². The van der Waals surface area contributed by atoms with E-state index in [1.807, 2.05) is 0 Å². The average Bonchev–Trinajstić information content (AvgIpc) is 2.03. The zero-order valence-corrected chi connectivity index (χ0v) is 5.93. The zero-order chi connectivity index (χ0) is 9.19. The second-order valence-corrected chi connectivity index (χ2v) is 2.30. The molecule has 0 aliphatic carbocycles. The number of hydrogen-bond acceptors (Lipinski definition) is 2. The van der Waals surface area contributed by atoms with E-state index in [-0.39, 0.29) is 5.57 Å². The van der Waals surface area contributed by atoms with E-state index in [1.54, 1.807) is 0 Å². The summed E-state index contributed by atoms with van der Waals surface area (Å²) in [4.78, 5) is 10.1. The zero-order valence-electron chi connectivity index (χ0n) is 5.93. The Morgan fingerprint density at radius 2 is 2.17 bits per heavy atom. The molecule has 1 heterocycles. The van der Waals surface area contributed by atoms with Gasteiger partial charge in [-0.05, 0) is 18.4 Å². The van der Waals surface area contributed by atoms with Crippen molar-refractivity contribution in [2.75, 3.05) is 0 Å². The van der Waals surface area contributed by atoms with Crippen molar-refractivity contribution >= 4 is 6.29 Å². The molecular weight excluding hydrogens is 171 g/mol. The molecule has 0 aromatic rings. The van der Waals surface area contributed by atoms with Crippen LogP contribution in [0.15, 0.2) is 23.9 Å². The summed E-state index contributed by atoms with van der Waals surface area (Å²) in [5.74, 6) is 0. The predicted molar refractivity (Wildman–Crippen MR) is 36.3 cm³/mol. The molecule has 0 saturated heterocycles. The third kappa shape index (κ3) is 1.87. The first-order valence-corrected chi connectivity index (χ1v) is 3.20. The number of halogens is 3. The summed E-state index contributed by atoms with van der Waals surface area (Å²) in [6, 6.07) is -1.75. The second kappa shape index (κ2) is 3.00. The molecule has 0 aromatic heterocycles. The molecule has 0 spiro atoms. The van der Waals surface area contributed by atoms with Gasteiger partial charge in [-0.15, -0.1) is 0 Å². The Balaban J connectivity index is 2.79. The summed E-state index contributed by atoms with van der Waals surface area (Å²) in [6.45, 7) is 0. The van der Waals surface area contributed by atoms with Gasteiger partial charge in [-0.25, -0.2) is 0 Å². The Hall–Kier alpha value is -1.26. The Morgan fingerprint density at radius 3 is 2.67 bits per heavy atom. The number of alkyl halides is 3. The predicted octanol–water partition coefficient (Wildman–Crippen LogP) is 1.16. The van der Waals surface area contributed by atoms with Crippen LogP contribution in [0.5, 0.6) is 0 Å². The van der Waals surface area contributed by atoms with Gasteiger partial charge in [0.1, 0.15) is 12.3 Å². The van der Waals surface area contributed by atoms with Crippen LogP contribution in [0.1, 0.15) is 0 Å². The minimum absolute atomic E-state index is 0.0380. The lowest BCUT2D eigenvalue weighted by atomic mass is 10.1. The highest BCUT2D eigenvalue weighted by Crippen LogP contribution is 2.23. The highest BCUT2D eigenvalue weighted by atomic mass is 19.4. The minimum Gasteiger partial charge on any atom is -0.377 e. The number of nitrogens with one attached hydrogen (secondary N) is 1. The maximum Gasteiger partial charge on any atom is 0.412 e. The first kappa shape index (κ1) is 8.83. The highest BCUT2D eigenvalue weighted by molar-refractivity contribution is 5.78. The fourth-order valence-corrected chi connectivity index (χ4v) is 0.812. The van der Waals surface area contributed by atoms with Crippen molar-refractivity contribution < 1.29 is 18.0 Å². The van der Waals surface area contributed by atoms with Gasteiger partial charge in [0.25, 0.3) is 0 Å². The van der Waals surface area contributed by atoms with E-state index in [1.165, 1.54) is 6.08 Å². The van der Waals surface area contributed by atoms with E-state index in [0.717, 1.165) is 12.3 Å². The van der Waals surface area contributed by atoms with Crippen molar-refractivity contribution in [3.05, 3.63) is 23.9 Å². The third-order valence-electron chi connectivity index (χ3n) is 1.40. The number of hydrogen-bond donors (Lipinski definition) is 1. The molecule has 2 nitrogen and oxygen atoms in total. The summed E-state index contributed by atoms with van der Waals surface area (Å²) >= 11 is 0. The largest absolute Gasteiger partial charge is 0.412 e. The molecular formula is C7H6F3NO. The van der Waals surface area contributed by atoms with E-state index >= 15 is 0 Å². The summed E-state index contributed by atoms with van der Waals surface area (Å²) in [7, 11) is 0. The van der Waals surface area contributed by atoms with Gasteiger partial charge in [-0.2, -0.15) is 13.2 Å². The van der Waals surface area contributed by atoms with E-state index in [0.29, 0.717) is 6.29 Å². The average molecular weight is 177 g/mol. The number of carbonyl (C=O) groups is 1. The first-order valence-electron chi connectivity index (χ1n) is 3.20. The standard InChI is InChI=1S/C7H6F3NO/c8-7(9,10)6-3-5(4-12)1-2-11-6/h1-4,6,11H. The Bertz CT molecular complexity index is 242. The molecule has 0 amide bonds. The van der Waals surface area contributed by atoms with Crippen LogP contribution < -0.4 is 5.32 Å². The molecule has 1 aliphatic heterocycles. The van der Waals surface area contributed by atoms with Gasteiger partial charge < -0.3 is 5.32 Å². The maximum absolute atomic E-state index is 12.0. The van der Waals surface area contributed by atoms with Crippen LogP contribution in [-0.4, -0.2) is 18.5 Å². The molecule has 5 heteroatoms. The molecule has 1 atom stereocenters. The molecule has 0 radical (unpaired) electrons. The van der Waals surface area contributed by atoms with E-state index in [9.17, 15) is 18.0 Å². The molecule has 0 bridgehead atoms. The molecule has 1 aliphatic rings. The fourth-order valence-electron chi connectivity index (χ4n) is 0.812. The van der Waals surface area contributed by atoms with Crippen LogP contribution in [0.25, 0.3) is 0 Å². The van der Waals surface area contributed by atoms with Gasteiger partial charge in [-0.1, -0.05) is 0 Å². The van der Waals surface area contributed by atoms with Crippen LogP contribution in [0.4, 0.5) is 13.2 Å². The SMILES string of the molecule is O=CC1=CC(C(F)(F)F)NC=C1. The lowest BCUT2D eigenvalue weighted by Crippen LogP contribution is -2.39. The van der Waals surface area contributed by atoms with Crippen molar-refractivity contribution in [3.8, 4) is 0 Å². The molecule has 0 fully saturated rings. The van der Waals surface area contributed by atoms with E-state index in [4.69, 9.17) is 0 Å². The third-order valence-corrected chi connectivity index (χ3v) is 1.40. The van der Waals surface area contributed by atoms with Gasteiger partial charge in [0, 0.05) is 5.57 Å². The smallest absolute Gasteiger partial charge is 0.377 e. The first-order chi connectivity index (χ1) is 5.54. The summed E-state index contributed by atoms with van der Waals surface area (Å²) in [5, 5.41) is 2.08. The number of dihydropyridines is 1. The molecule has 66 valence electrons. The lowest BCUT2D eigenvalue weighted by Gasteiger charge is -2.19. The van der Waals surface area contributed by atoms with Crippen LogP contribution in [0.2, 0.25) is 0 Å². The van der Waals surface area contributed by atoms with Crippen molar-refractivity contribution in [1.82, 2.24) is 5.32 Å². The van der Waals surface area contributed by atoms with Crippen molar-refractivity contribution in [3.63, 3.8) is 0 Å². The summed E-state index contributed by atoms with van der Waals surface area (Å²) in [5.41, 5.74) is 0.0380. The summed E-state index contributed by atoms with van der Waals surface area (Å²) < 4.78 is 36.0. The fraction of sp³-hybridized carbons (Fsp3) is 0.286. The Kier molecular flexibility index (Phi) is 2.21. The molecule has 0 saturated carbocycles. The van der Waals surface area contributed by atoms with Gasteiger partial charge in [0.2, 0.25) is 0 Å². The quantitative estimate of drug-likeness (QED) is 0.609. The maximum atomic E-state index is 12.0. The van der Waals surface area contributed by atoms with E-state index in [2.05, 4.69) is 5.32 Å². The lowest BCUT2D eigenvalue weighted by molar-refractivity contribution is -0.142. The second-order valence-electron chi connectivity index (χ2n) is 2.30. The van der Waals surface area contributed by atoms with Crippen molar-refractivity contribution in [2.45, 2.75) is 12.2 Å². The molecule has 0 aromatic carbocycles. The monoisotopic (exact) mass is 177 g/mol. The van der Waals surface area contributed by atoms with Crippen LogP contribution in [-0.2, 0) is 4.79 Å². The van der Waals surface area contributed by atoms with Gasteiger partial charge in [0.15, 0.2) is 0 Å². The molecule has 1 N–H and O–H groups in total. The number of allylic oxidation sites excluding steroid dienone is 2. The molecule has 12 heavy (non-hydrogen) atoms. The van der Waals surface area contributed by atoms with E-state index < -0.39 is 12.2 Å². The minimum atomic E-state index is -4.35. The highest BCUT2D eigenvalue weighted by Gasteiger charge is 2.38. The number of carbonyl (C=O) groups excluding carboxylic acids is 1. The summed E-state index contributed by atoms with van der Waals surface area (Å²) in [6.07, 6.45) is -0.723. The van der Waals surface area contributed by atoms with Crippen molar-refractivity contribution in [2.24, 2.45) is 0 Å². The van der Waals surface area contributed by atoms with Crippen LogP contribution >= 0.6 is 0 Å². The van der Waals surface area contributed by atoms with Crippen LogP contribution in [0.3, 0.4) is 0 Å². The van der Waals surface area contributed by atoms with Crippen LogP contribution in [0, 0.1) is 0 Å². The topological polar surface area (TPSA) is 29.1 Å². The number of aldehydes is 1. The van der Waals surface area contributed by atoms with Gasteiger partial charge in [0.05, 0.1) is 0 Å². The normalized spacial score (nSPS) is 22.9. The van der Waals surface area contributed by atoms with Gasteiger partial charge in [-0.3, -0.25) is 4.79 Å². The Morgan fingerprint density at radius 1 is 1.50 bits per heavy atom. The number of rotatable bonds is 1. The van der Waals surface area contributed by atoms with Gasteiger partial charge >= 0.3 is 6.18 Å².